The molecule has 0 aliphatic carbocycles. The van der Waals surface area contributed by atoms with Gasteiger partial charge in [0.15, 0.2) is 0 Å². The highest BCUT2D eigenvalue weighted by Gasteiger charge is 2.35. The molecule has 2 amide bonds. The van der Waals surface area contributed by atoms with Crippen LogP contribution >= 0.6 is 0 Å². The first kappa shape index (κ1) is 20.7. The molecule has 2 heterocycles. The van der Waals surface area contributed by atoms with E-state index >= 15 is 0 Å². The molecular formula is C23H35N3O2. The van der Waals surface area contributed by atoms with Crippen molar-refractivity contribution in [3.63, 3.8) is 0 Å². The summed E-state index contributed by atoms with van der Waals surface area (Å²) in [6.07, 6.45) is 10.1. The zero-order chi connectivity index (χ0) is 19.8. The molecular weight excluding hydrogens is 350 g/mol. The first-order chi connectivity index (χ1) is 13.7. The maximum Gasteiger partial charge on any atom is 0.227 e. The highest BCUT2D eigenvalue weighted by Crippen LogP contribution is 2.28. The number of rotatable bonds is 10. The summed E-state index contributed by atoms with van der Waals surface area (Å²) in [6, 6.07) is 8.23. The van der Waals surface area contributed by atoms with Gasteiger partial charge in [-0.3, -0.25) is 9.59 Å². The zero-order valence-electron chi connectivity index (χ0n) is 17.3. The zero-order valence-corrected chi connectivity index (χ0v) is 17.3. The number of carbonyl (C=O) groups is 2. The Balaban J connectivity index is 1.43. The van der Waals surface area contributed by atoms with Crippen molar-refractivity contribution in [3.8, 4) is 0 Å². The Bertz CT molecular complexity index is 638. The van der Waals surface area contributed by atoms with Crippen LogP contribution < -0.4 is 15.1 Å². The minimum absolute atomic E-state index is 0.0260. The summed E-state index contributed by atoms with van der Waals surface area (Å²) >= 11 is 0. The molecule has 1 atom stereocenters. The van der Waals surface area contributed by atoms with E-state index in [4.69, 9.17) is 0 Å². The lowest BCUT2D eigenvalue weighted by Gasteiger charge is -2.20. The average molecular weight is 386 g/mol. The van der Waals surface area contributed by atoms with E-state index in [2.05, 4.69) is 29.3 Å². The number of hydrogen-bond acceptors (Lipinski definition) is 3. The quantitative estimate of drug-likeness (QED) is 0.617. The third kappa shape index (κ3) is 5.49. The van der Waals surface area contributed by atoms with Gasteiger partial charge in [0, 0.05) is 44.0 Å². The number of anilines is 2. The van der Waals surface area contributed by atoms with E-state index in [9.17, 15) is 9.59 Å². The number of carbonyl (C=O) groups excluding carboxylic acids is 2. The maximum absolute atomic E-state index is 12.4. The van der Waals surface area contributed by atoms with Gasteiger partial charge in [-0.2, -0.15) is 0 Å². The Hall–Kier alpha value is -2.04. The number of hydrogen-bond donors (Lipinski definition) is 1. The molecule has 5 heteroatoms. The minimum Gasteiger partial charge on any atom is -0.372 e. The summed E-state index contributed by atoms with van der Waals surface area (Å²) in [6.45, 7) is 5.66. The van der Waals surface area contributed by atoms with Crippen LogP contribution in [0.4, 0.5) is 11.4 Å². The lowest BCUT2D eigenvalue weighted by molar-refractivity contribution is -0.126. The molecule has 0 spiro atoms. The predicted octanol–water partition coefficient (Wildman–Crippen LogP) is 4.12. The van der Waals surface area contributed by atoms with Crippen LogP contribution in [-0.2, 0) is 9.59 Å². The summed E-state index contributed by atoms with van der Waals surface area (Å²) in [7, 11) is 0. The highest BCUT2D eigenvalue weighted by atomic mass is 16.2. The molecule has 0 bridgehead atoms. The second kappa shape index (κ2) is 10.5. The topological polar surface area (TPSA) is 52.7 Å². The van der Waals surface area contributed by atoms with E-state index in [1.165, 1.54) is 50.6 Å². The molecule has 2 fully saturated rings. The van der Waals surface area contributed by atoms with Gasteiger partial charge in [0.05, 0.1) is 5.92 Å². The van der Waals surface area contributed by atoms with Crippen molar-refractivity contribution >= 4 is 23.2 Å². The fraction of sp³-hybridized carbons (Fsp3) is 0.652. The molecule has 1 unspecified atom stereocenters. The maximum atomic E-state index is 12.4. The summed E-state index contributed by atoms with van der Waals surface area (Å²) in [5.41, 5.74) is 2.13. The van der Waals surface area contributed by atoms with Crippen molar-refractivity contribution in [2.45, 2.75) is 64.7 Å². The van der Waals surface area contributed by atoms with Crippen LogP contribution in [-0.4, -0.2) is 38.0 Å². The van der Waals surface area contributed by atoms with Crippen LogP contribution in [0.2, 0.25) is 0 Å². The van der Waals surface area contributed by atoms with Crippen LogP contribution in [0.1, 0.15) is 64.7 Å². The van der Waals surface area contributed by atoms with Crippen LogP contribution in [0.15, 0.2) is 24.3 Å². The third-order valence-electron chi connectivity index (χ3n) is 5.96. The van der Waals surface area contributed by atoms with Gasteiger partial charge in [-0.05, 0) is 43.5 Å². The molecule has 0 saturated carbocycles. The van der Waals surface area contributed by atoms with Gasteiger partial charge in [0.1, 0.15) is 0 Å². The monoisotopic (exact) mass is 385 g/mol. The van der Waals surface area contributed by atoms with Gasteiger partial charge in [0.2, 0.25) is 11.8 Å². The largest absolute Gasteiger partial charge is 0.372 e. The Kier molecular flexibility index (Phi) is 7.75. The molecule has 28 heavy (non-hydrogen) atoms. The molecule has 1 N–H and O–H groups in total. The number of benzene rings is 1. The van der Waals surface area contributed by atoms with Crippen LogP contribution in [0.3, 0.4) is 0 Å². The van der Waals surface area contributed by atoms with E-state index in [0.717, 1.165) is 31.7 Å². The van der Waals surface area contributed by atoms with E-state index in [1.807, 2.05) is 12.1 Å². The number of nitrogens with one attached hydrogen (secondary N) is 1. The van der Waals surface area contributed by atoms with Crippen LogP contribution in [0, 0.1) is 5.92 Å². The molecule has 2 aliphatic heterocycles. The fourth-order valence-electron chi connectivity index (χ4n) is 4.21. The van der Waals surface area contributed by atoms with Crippen molar-refractivity contribution < 1.29 is 9.59 Å². The first-order valence-electron chi connectivity index (χ1n) is 11.1. The molecule has 1 aromatic carbocycles. The second-order valence-corrected chi connectivity index (χ2v) is 8.17. The molecule has 0 radical (unpaired) electrons. The van der Waals surface area contributed by atoms with Crippen molar-refractivity contribution in [3.05, 3.63) is 24.3 Å². The fourth-order valence-corrected chi connectivity index (χ4v) is 4.21. The number of nitrogens with zero attached hydrogens (tertiary/aromatic N) is 2. The van der Waals surface area contributed by atoms with Crippen molar-refractivity contribution in [2.24, 2.45) is 5.92 Å². The van der Waals surface area contributed by atoms with Gasteiger partial charge in [-0.25, -0.2) is 0 Å². The molecule has 2 aliphatic rings. The van der Waals surface area contributed by atoms with Crippen molar-refractivity contribution in [2.75, 3.05) is 36.0 Å². The summed E-state index contributed by atoms with van der Waals surface area (Å²) in [4.78, 5) is 29.0. The average Bonchev–Trinajstić information content (AvgIpc) is 3.37. The van der Waals surface area contributed by atoms with Gasteiger partial charge in [-0.1, -0.05) is 39.0 Å². The van der Waals surface area contributed by atoms with E-state index in [-0.39, 0.29) is 17.7 Å². The second-order valence-electron chi connectivity index (χ2n) is 8.17. The highest BCUT2D eigenvalue weighted by molar-refractivity contribution is 6.00. The normalized spacial score (nSPS) is 19.5. The Morgan fingerprint density at radius 1 is 1.00 bits per heavy atom. The molecule has 3 rings (SSSR count). The molecule has 154 valence electrons. The minimum atomic E-state index is -0.231. The van der Waals surface area contributed by atoms with E-state index in [1.54, 1.807) is 4.90 Å². The van der Waals surface area contributed by atoms with Gasteiger partial charge < -0.3 is 15.1 Å². The van der Waals surface area contributed by atoms with Gasteiger partial charge >= 0.3 is 0 Å². The van der Waals surface area contributed by atoms with Crippen molar-refractivity contribution in [1.82, 2.24) is 5.32 Å². The van der Waals surface area contributed by atoms with Crippen molar-refractivity contribution in [1.29, 1.82) is 0 Å². The van der Waals surface area contributed by atoms with Crippen LogP contribution in [0.25, 0.3) is 0 Å². The molecule has 1 aromatic rings. The lowest BCUT2D eigenvalue weighted by atomic mass is 10.1. The van der Waals surface area contributed by atoms with Gasteiger partial charge in [0.25, 0.3) is 0 Å². The summed E-state index contributed by atoms with van der Waals surface area (Å²) in [5.74, 6) is -0.155. The summed E-state index contributed by atoms with van der Waals surface area (Å²) in [5, 5.41) is 3.03. The Morgan fingerprint density at radius 2 is 1.64 bits per heavy atom. The van der Waals surface area contributed by atoms with Crippen LogP contribution in [0.5, 0.6) is 0 Å². The summed E-state index contributed by atoms with van der Waals surface area (Å²) < 4.78 is 0. The Labute approximate surface area is 169 Å². The first-order valence-corrected chi connectivity index (χ1v) is 11.1. The third-order valence-corrected chi connectivity index (χ3v) is 5.96. The lowest BCUT2D eigenvalue weighted by Crippen LogP contribution is -2.33. The number of amides is 2. The van der Waals surface area contributed by atoms with E-state index < -0.39 is 0 Å². The predicted molar refractivity (Wildman–Crippen MR) is 115 cm³/mol. The molecule has 5 nitrogen and oxygen atoms in total. The van der Waals surface area contributed by atoms with Gasteiger partial charge in [-0.15, -0.1) is 0 Å². The SMILES string of the molecule is CCCCCCCCNC(=O)C1CC(=O)N(c2ccc(N3CCCC3)cc2)C1. The smallest absolute Gasteiger partial charge is 0.227 e. The molecule has 0 aromatic heterocycles. The van der Waals surface area contributed by atoms with E-state index in [0.29, 0.717) is 13.0 Å². The standard InChI is InChI=1S/C23H35N3O2/c1-2-3-4-5-6-7-14-24-23(28)19-17-22(27)26(18-19)21-12-10-20(11-13-21)25-15-8-9-16-25/h10-13,19H,2-9,14-18H2,1H3,(H,24,28). The number of unbranched alkanes of at least 4 members (excludes halogenated alkanes) is 5. The molecule has 2 saturated heterocycles. The Morgan fingerprint density at radius 3 is 2.36 bits per heavy atom.